The van der Waals surface area contributed by atoms with Gasteiger partial charge in [0, 0.05) is 29.4 Å². The summed E-state index contributed by atoms with van der Waals surface area (Å²) in [5.74, 6) is 0. The van der Waals surface area contributed by atoms with Crippen LogP contribution in [0.15, 0.2) is 30.5 Å². The molecule has 78 valence electrons. The molecule has 0 radical (unpaired) electrons. The molecule has 1 aromatic carbocycles. The number of anilines is 1. The van der Waals surface area contributed by atoms with Gasteiger partial charge in [0.15, 0.2) is 0 Å². The zero-order chi connectivity index (χ0) is 10.3. The lowest BCUT2D eigenvalue weighted by Gasteiger charge is -2.11. The van der Waals surface area contributed by atoms with Gasteiger partial charge in [-0.1, -0.05) is 0 Å². The van der Waals surface area contributed by atoms with E-state index >= 15 is 0 Å². The minimum absolute atomic E-state index is 0.492. The third-order valence-electron chi connectivity index (χ3n) is 3.04. The van der Waals surface area contributed by atoms with Crippen molar-refractivity contribution in [3.8, 4) is 0 Å². The van der Waals surface area contributed by atoms with Crippen LogP contribution in [0, 0.1) is 0 Å². The SMILES string of the molecule is Nc1ccc2c(ccn2C2CCOC2)c1. The van der Waals surface area contributed by atoms with Gasteiger partial charge >= 0.3 is 0 Å². The predicted octanol–water partition coefficient (Wildman–Crippen LogP) is 2.18. The molecule has 0 spiro atoms. The van der Waals surface area contributed by atoms with Crippen LogP contribution in [-0.4, -0.2) is 17.8 Å². The molecule has 1 aromatic heterocycles. The van der Waals surface area contributed by atoms with E-state index in [9.17, 15) is 0 Å². The number of hydrogen-bond acceptors (Lipinski definition) is 2. The van der Waals surface area contributed by atoms with Crippen molar-refractivity contribution in [3.05, 3.63) is 30.5 Å². The van der Waals surface area contributed by atoms with Crippen LogP contribution < -0.4 is 5.73 Å². The fourth-order valence-electron chi connectivity index (χ4n) is 2.24. The molecule has 1 aliphatic rings. The Kier molecular flexibility index (Phi) is 1.92. The van der Waals surface area contributed by atoms with Gasteiger partial charge in [0.25, 0.3) is 0 Å². The Balaban J connectivity index is 2.11. The first-order chi connectivity index (χ1) is 7.34. The normalized spacial score (nSPS) is 21.2. The standard InChI is InChI=1S/C12H14N2O/c13-10-1-2-12-9(7-10)3-5-14(12)11-4-6-15-8-11/h1-3,5,7,11H,4,6,8,13H2. The molecule has 3 rings (SSSR count). The van der Waals surface area contributed by atoms with Gasteiger partial charge in [0.2, 0.25) is 0 Å². The molecule has 2 aromatic rings. The second-order valence-electron chi connectivity index (χ2n) is 4.06. The van der Waals surface area contributed by atoms with Crippen LogP contribution in [0.25, 0.3) is 10.9 Å². The number of rotatable bonds is 1. The number of nitrogen functional groups attached to an aromatic ring is 1. The van der Waals surface area contributed by atoms with Gasteiger partial charge in [-0.15, -0.1) is 0 Å². The zero-order valence-electron chi connectivity index (χ0n) is 8.52. The quantitative estimate of drug-likeness (QED) is 0.720. The van der Waals surface area contributed by atoms with Gasteiger partial charge in [-0.2, -0.15) is 0 Å². The predicted molar refractivity (Wildman–Crippen MR) is 60.8 cm³/mol. The summed E-state index contributed by atoms with van der Waals surface area (Å²) >= 11 is 0. The van der Waals surface area contributed by atoms with Gasteiger partial charge in [-0.3, -0.25) is 0 Å². The molecule has 1 atom stereocenters. The molecule has 2 N–H and O–H groups in total. The van der Waals surface area contributed by atoms with Crippen LogP contribution in [-0.2, 0) is 4.74 Å². The molecule has 1 aliphatic heterocycles. The molecule has 3 nitrogen and oxygen atoms in total. The highest BCUT2D eigenvalue weighted by atomic mass is 16.5. The lowest BCUT2D eigenvalue weighted by atomic mass is 10.2. The Hall–Kier alpha value is -1.48. The lowest BCUT2D eigenvalue weighted by Crippen LogP contribution is -2.06. The van der Waals surface area contributed by atoms with Crippen LogP contribution >= 0.6 is 0 Å². The van der Waals surface area contributed by atoms with Crippen LogP contribution in [0.4, 0.5) is 5.69 Å². The van der Waals surface area contributed by atoms with Crippen LogP contribution in [0.2, 0.25) is 0 Å². The molecule has 2 heterocycles. The van der Waals surface area contributed by atoms with E-state index in [0.29, 0.717) is 6.04 Å². The van der Waals surface area contributed by atoms with Gasteiger partial charge in [0.05, 0.1) is 12.6 Å². The summed E-state index contributed by atoms with van der Waals surface area (Å²) in [5, 5.41) is 1.21. The highest BCUT2D eigenvalue weighted by Crippen LogP contribution is 2.26. The number of nitrogens with zero attached hydrogens (tertiary/aromatic N) is 1. The van der Waals surface area contributed by atoms with Crippen molar-refractivity contribution < 1.29 is 4.74 Å². The van der Waals surface area contributed by atoms with E-state index < -0.39 is 0 Å². The number of fused-ring (bicyclic) bond motifs is 1. The van der Waals surface area contributed by atoms with Crippen molar-refractivity contribution >= 4 is 16.6 Å². The molecular weight excluding hydrogens is 188 g/mol. The van der Waals surface area contributed by atoms with Gasteiger partial charge in [-0.25, -0.2) is 0 Å². The molecule has 0 saturated carbocycles. The Morgan fingerprint density at radius 3 is 3.07 bits per heavy atom. The van der Waals surface area contributed by atoms with Crippen molar-refractivity contribution in [1.29, 1.82) is 0 Å². The third-order valence-corrected chi connectivity index (χ3v) is 3.04. The fourth-order valence-corrected chi connectivity index (χ4v) is 2.24. The van der Waals surface area contributed by atoms with E-state index in [-0.39, 0.29) is 0 Å². The maximum Gasteiger partial charge on any atom is 0.0674 e. The van der Waals surface area contributed by atoms with E-state index in [0.717, 1.165) is 25.3 Å². The highest BCUT2D eigenvalue weighted by Gasteiger charge is 2.18. The third kappa shape index (κ3) is 1.39. The van der Waals surface area contributed by atoms with Crippen LogP contribution in [0.1, 0.15) is 12.5 Å². The van der Waals surface area contributed by atoms with E-state index in [2.05, 4.69) is 22.9 Å². The van der Waals surface area contributed by atoms with Gasteiger partial charge in [0.1, 0.15) is 0 Å². The number of benzene rings is 1. The molecule has 0 bridgehead atoms. The smallest absolute Gasteiger partial charge is 0.0674 e. The first kappa shape index (κ1) is 8.80. The summed E-state index contributed by atoms with van der Waals surface area (Å²) in [4.78, 5) is 0. The van der Waals surface area contributed by atoms with E-state index in [1.807, 2.05) is 12.1 Å². The molecular formula is C12H14N2O. The number of hydrogen-bond donors (Lipinski definition) is 1. The Morgan fingerprint density at radius 1 is 1.33 bits per heavy atom. The second kappa shape index (κ2) is 3.28. The van der Waals surface area contributed by atoms with Gasteiger partial charge in [-0.05, 0) is 30.7 Å². The molecule has 15 heavy (non-hydrogen) atoms. The number of ether oxygens (including phenoxy) is 1. The van der Waals surface area contributed by atoms with E-state index in [1.165, 1.54) is 10.9 Å². The second-order valence-corrected chi connectivity index (χ2v) is 4.06. The fraction of sp³-hybridized carbons (Fsp3) is 0.333. The Labute approximate surface area is 88.4 Å². The first-order valence-corrected chi connectivity index (χ1v) is 5.28. The summed E-state index contributed by atoms with van der Waals surface area (Å²) in [6.45, 7) is 1.70. The minimum Gasteiger partial charge on any atom is -0.399 e. The lowest BCUT2D eigenvalue weighted by molar-refractivity contribution is 0.187. The van der Waals surface area contributed by atoms with Crippen molar-refractivity contribution in [2.24, 2.45) is 0 Å². The van der Waals surface area contributed by atoms with Crippen molar-refractivity contribution in [3.63, 3.8) is 0 Å². The van der Waals surface area contributed by atoms with E-state index in [1.54, 1.807) is 0 Å². The van der Waals surface area contributed by atoms with Crippen molar-refractivity contribution in [2.75, 3.05) is 18.9 Å². The summed E-state index contributed by atoms with van der Waals surface area (Å²) in [6, 6.07) is 8.66. The summed E-state index contributed by atoms with van der Waals surface area (Å²) < 4.78 is 7.70. The Bertz CT molecular complexity index is 483. The average Bonchev–Trinajstić information content (AvgIpc) is 2.82. The average molecular weight is 202 g/mol. The maximum atomic E-state index is 5.75. The molecule has 1 saturated heterocycles. The molecule has 1 unspecified atom stereocenters. The highest BCUT2D eigenvalue weighted by molar-refractivity contribution is 5.83. The van der Waals surface area contributed by atoms with Gasteiger partial charge < -0.3 is 15.0 Å². The molecule has 0 amide bonds. The number of nitrogens with two attached hydrogens (primary N) is 1. The van der Waals surface area contributed by atoms with Crippen LogP contribution in [0.5, 0.6) is 0 Å². The minimum atomic E-state index is 0.492. The van der Waals surface area contributed by atoms with Crippen molar-refractivity contribution in [2.45, 2.75) is 12.5 Å². The topological polar surface area (TPSA) is 40.2 Å². The summed E-state index contributed by atoms with van der Waals surface area (Å²) in [6.07, 6.45) is 3.23. The molecule has 3 heteroatoms. The van der Waals surface area contributed by atoms with E-state index in [4.69, 9.17) is 10.5 Å². The van der Waals surface area contributed by atoms with Crippen molar-refractivity contribution in [1.82, 2.24) is 4.57 Å². The Morgan fingerprint density at radius 2 is 2.27 bits per heavy atom. The number of aromatic nitrogens is 1. The largest absolute Gasteiger partial charge is 0.399 e. The molecule has 0 aliphatic carbocycles. The monoisotopic (exact) mass is 202 g/mol. The summed E-state index contributed by atoms with van der Waals surface area (Å²) in [7, 11) is 0. The molecule has 1 fully saturated rings. The summed E-state index contributed by atoms with van der Waals surface area (Å²) in [5.41, 5.74) is 7.82. The maximum absolute atomic E-state index is 5.75. The zero-order valence-corrected chi connectivity index (χ0v) is 8.52. The first-order valence-electron chi connectivity index (χ1n) is 5.28. The van der Waals surface area contributed by atoms with Crippen LogP contribution in [0.3, 0.4) is 0 Å².